The van der Waals surface area contributed by atoms with E-state index in [0.29, 0.717) is 5.92 Å². The smallest absolute Gasteiger partial charge is 0.138 e. The van der Waals surface area contributed by atoms with Crippen LogP contribution >= 0.6 is 0 Å². The number of benzene rings is 2. The zero-order chi connectivity index (χ0) is 14.3. The fraction of sp³-hybridized carbons (Fsp3) is 0.222. The average molecular weight is 268 g/mol. The van der Waals surface area contributed by atoms with E-state index in [4.69, 9.17) is 4.42 Å². The molecule has 1 aromatic heterocycles. The SMILES string of the molecule is Cc1ccc(C(C)C)c2cc(-c3ccc(F)cc3)oc12. The van der Waals surface area contributed by atoms with Gasteiger partial charge in [0.15, 0.2) is 0 Å². The normalized spacial score (nSPS) is 11.4. The number of hydrogen-bond acceptors (Lipinski definition) is 1. The van der Waals surface area contributed by atoms with Crippen molar-refractivity contribution in [1.29, 1.82) is 0 Å². The van der Waals surface area contributed by atoms with Gasteiger partial charge in [-0.1, -0.05) is 26.0 Å². The van der Waals surface area contributed by atoms with E-state index in [9.17, 15) is 4.39 Å². The third-order valence-corrected chi connectivity index (χ3v) is 3.66. The molecule has 102 valence electrons. The Labute approximate surface area is 118 Å². The molecule has 0 radical (unpaired) electrons. The van der Waals surface area contributed by atoms with E-state index in [-0.39, 0.29) is 5.82 Å². The van der Waals surface area contributed by atoms with E-state index in [1.54, 1.807) is 12.1 Å². The third kappa shape index (κ3) is 2.11. The highest BCUT2D eigenvalue weighted by atomic mass is 19.1. The summed E-state index contributed by atoms with van der Waals surface area (Å²) >= 11 is 0. The second-order valence-electron chi connectivity index (χ2n) is 5.49. The summed E-state index contributed by atoms with van der Waals surface area (Å²) in [5.74, 6) is 0.997. The number of fused-ring (bicyclic) bond motifs is 1. The maximum absolute atomic E-state index is 13.0. The fourth-order valence-corrected chi connectivity index (χ4v) is 2.54. The Bertz CT molecular complexity index is 751. The largest absolute Gasteiger partial charge is 0.456 e. The minimum Gasteiger partial charge on any atom is -0.456 e. The van der Waals surface area contributed by atoms with Crippen molar-refractivity contribution in [2.24, 2.45) is 0 Å². The monoisotopic (exact) mass is 268 g/mol. The van der Waals surface area contributed by atoms with Gasteiger partial charge in [-0.25, -0.2) is 4.39 Å². The summed E-state index contributed by atoms with van der Waals surface area (Å²) in [6.45, 7) is 6.40. The van der Waals surface area contributed by atoms with Crippen molar-refractivity contribution in [3.05, 3.63) is 59.4 Å². The first-order valence-corrected chi connectivity index (χ1v) is 6.85. The van der Waals surface area contributed by atoms with Crippen LogP contribution in [0.5, 0.6) is 0 Å². The minimum absolute atomic E-state index is 0.232. The molecule has 0 N–H and O–H groups in total. The Hall–Kier alpha value is -2.09. The molecule has 3 aromatic rings. The van der Waals surface area contributed by atoms with Crippen LogP contribution in [-0.2, 0) is 0 Å². The van der Waals surface area contributed by atoms with Gasteiger partial charge in [-0.2, -0.15) is 0 Å². The molecule has 0 fully saturated rings. The summed E-state index contributed by atoms with van der Waals surface area (Å²) in [5, 5.41) is 1.15. The van der Waals surface area contributed by atoms with E-state index < -0.39 is 0 Å². The van der Waals surface area contributed by atoms with Crippen molar-refractivity contribution < 1.29 is 8.81 Å². The molecular weight excluding hydrogens is 251 g/mol. The number of aryl methyl sites for hydroxylation is 1. The number of rotatable bonds is 2. The van der Waals surface area contributed by atoms with Gasteiger partial charge >= 0.3 is 0 Å². The highest BCUT2D eigenvalue weighted by Gasteiger charge is 2.13. The fourth-order valence-electron chi connectivity index (χ4n) is 2.54. The predicted molar refractivity (Wildman–Crippen MR) is 80.4 cm³/mol. The second-order valence-corrected chi connectivity index (χ2v) is 5.49. The third-order valence-electron chi connectivity index (χ3n) is 3.66. The van der Waals surface area contributed by atoms with Crippen LogP contribution in [0.25, 0.3) is 22.3 Å². The molecule has 3 rings (SSSR count). The van der Waals surface area contributed by atoms with Crippen LogP contribution in [0.1, 0.15) is 30.9 Å². The van der Waals surface area contributed by atoms with Crippen molar-refractivity contribution in [3.63, 3.8) is 0 Å². The Balaban J connectivity index is 2.21. The summed E-state index contributed by atoms with van der Waals surface area (Å²) in [6.07, 6.45) is 0. The quantitative estimate of drug-likeness (QED) is 0.583. The van der Waals surface area contributed by atoms with Crippen molar-refractivity contribution in [3.8, 4) is 11.3 Å². The Kier molecular flexibility index (Phi) is 3.09. The van der Waals surface area contributed by atoms with Crippen LogP contribution in [0.2, 0.25) is 0 Å². The summed E-state index contributed by atoms with van der Waals surface area (Å²) in [5.41, 5.74) is 4.23. The van der Waals surface area contributed by atoms with Crippen LogP contribution in [0.3, 0.4) is 0 Å². The lowest BCUT2D eigenvalue weighted by Crippen LogP contribution is -1.88. The molecule has 0 amide bonds. The molecule has 20 heavy (non-hydrogen) atoms. The van der Waals surface area contributed by atoms with Crippen LogP contribution in [-0.4, -0.2) is 0 Å². The molecule has 1 heterocycles. The molecule has 0 aliphatic heterocycles. The van der Waals surface area contributed by atoms with E-state index in [2.05, 4.69) is 32.0 Å². The topological polar surface area (TPSA) is 13.1 Å². The molecular formula is C18H17FO. The highest BCUT2D eigenvalue weighted by molar-refractivity contribution is 5.88. The number of hydrogen-bond donors (Lipinski definition) is 0. The molecule has 2 aromatic carbocycles. The lowest BCUT2D eigenvalue weighted by atomic mass is 9.97. The first-order chi connectivity index (χ1) is 9.56. The predicted octanol–water partition coefficient (Wildman–Crippen LogP) is 5.67. The summed E-state index contributed by atoms with van der Waals surface area (Å²) in [6, 6.07) is 12.7. The first kappa shape index (κ1) is 12.9. The molecule has 0 unspecified atom stereocenters. The second kappa shape index (κ2) is 4.78. The summed E-state index contributed by atoms with van der Waals surface area (Å²) in [4.78, 5) is 0. The Morgan fingerprint density at radius 1 is 1.00 bits per heavy atom. The maximum Gasteiger partial charge on any atom is 0.138 e. The average Bonchev–Trinajstić information content (AvgIpc) is 2.85. The van der Waals surface area contributed by atoms with Gasteiger partial charge in [-0.3, -0.25) is 0 Å². The van der Waals surface area contributed by atoms with Gasteiger partial charge < -0.3 is 4.42 Å². The molecule has 0 aliphatic carbocycles. The molecule has 2 heteroatoms. The van der Waals surface area contributed by atoms with Crippen molar-refractivity contribution >= 4 is 11.0 Å². The van der Waals surface area contributed by atoms with Gasteiger partial charge in [0.25, 0.3) is 0 Å². The Morgan fingerprint density at radius 3 is 2.35 bits per heavy atom. The van der Waals surface area contributed by atoms with E-state index in [1.165, 1.54) is 17.7 Å². The molecule has 0 atom stereocenters. The maximum atomic E-state index is 13.0. The minimum atomic E-state index is -0.232. The molecule has 0 saturated carbocycles. The highest BCUT2D eigenvalue weighted by Crippen LogP contribution is 2.34. The van der Waals surface area contributed by atoms with Crippen molar-refractivity contribution in [2.45, 2.75) is 26.7 Å². The van der Waals surface area contributed by atoms with Crippen LogP contribution < -0.4 is 0 Å². The van der Waals surface area contributed by atoms with E-state index in [1.807, 2.05) is 6.92 Å². The lowest BCUT2D eigenvalue weighted by molar-refractivity contribution is 0.622. The summed E-state index contributed by atoms with van der Waals surface area (Å²) in [7, 11) is 0. The van der Waals surface area contributed by atoms with E-state index in [0.717, 1.165) is 27.9 Å². The van der Waals surface area contributed by atoms with Crippen molar-refractivity contribution in [2.75, 3.05) is 0 Å². The van der Waals surface area contributed by atoms with Crippen LogP contribution in [0.15, 0.2) is 46.9 Å². The van der Waals surface area contributed by atoms with E-state index >= 15 is 0 Å². The zero-order valence-corrected chi connectivity index (χ0v) is 11.9. The number of halogens is 1. The summed E-state index contributed by atoms with van der Waals surface area (Å²) < 4.78 is 19.0. The van der Waals surface area contributed by atoms with Gasteiger partial charge in [0.1, 0.15) is 17.2 Å². The van der Waals surface area contributed by atoms with Gasteiger partial charge in [-0.15, -0.1) is 0 Å². The molecule has 0 saturated heterocycles. The van der Waals surface area contributed by atoms with Gasteiger partial charge in [-0.05, 0) is 54.3 Å². The van der Waals surface area contributed by atoms with Crippen molar-refractivity contribution in [1.82, 2.24) is 0 Å². The van der Waals surface area contributed by atoms with Crippen LogP contribution in [0.4, 0.5) is 4.39 Å². The molecule has 1 nitrogen and oxygen atoms in total. The lowest BCUT2D eigenvalue weighted by Gasteiger charge is -2.07. The molecule has 0 aliphatic rings. The first-order valence-electron chi connectivity index (χ1n) is 6.85. The standard InChI is InChI=1S/C18H17FO/c1-11(2)15-9-4-12(3)18-16(15)10-17(20-18)13-5-7-14(19)8-6-13/h4-11H,1-3H3. The van der Waals surface area contributed by atoms with Gasteiger partial charge in [0, 0.05) is 10.9 Å². The Morgan fingerprint density at radius 2 is 1.70 bits per heavy atom. The molecule has 0 spiro atoms. The van der Waals surface area contributed by atoms with Gasteiger partial charge in [0.05, 0.1) is 0 Å². The van der Waals surface area contributed by atoms with Gasteiger partial charge in [0.2, 0.25) is 0 Å². The molecule has 0 bridgehead atoms. The number of furan rings is 1. The zero-order valence-electron chi connectivity index (χ0n) is 11.9. The van der Waals surface area contributed by atoms with Crippen LogP contribution in [0, 0.1) is 12.7 Å².